The van der Waals surface area contributed by atoms with E-state index >= 15 is 0 Å². The van der Waals surface area contributed by atoms with Gasteiger partial charge in [0.1, 0.15) is 11.6 Å². The Kier molecular flexibility index (Phi) is 3.93. The van der Waals surface area contributed by atoms with Crippen molar-refractivity contribution in [3.63, 3.8) is 0 Å². The molecular weight excluding hydrogens is 200 g/mol. The lowest BCUT2D eigenvalue weighted by Gasteiger charge is -2.27. The fourth-order valence-corrected chi connectivity index (χ4v) is 2.42. The number of piperidine rings is 1. The van der Waals surface area contributed by atoms with Crippen molar-refractivity contribution in [3.8, 4) is 0 Å². The Labute approximate surface area is 97.2 Å². The van der Waals surface area contributed by atoms with Crippen molar-refractivity contribution in [2.75, 3.05) is 13.1 Å². The van der Waals surface area contributed by atoms with E-state index in [4.69, 9.17) is 0 Å². The first-order valence-corrected chi connectivity index (χ1v) is 6.40. The molecule has 1 saturated heterocycles. The highest BCUT2D eigenvalue weighted by atomic mass is 15.2. The van der Waals surface area contributed by atoms with Crippen molar-refractivity contribution >= 4 is 0 Å². The predicted molar refractivity (Wildman–Crippen MR) is 64.2 cm³/mol. The van der Waals surface area contributed by atoms with Crippen LogP contribution in [0.3, 0.4) is 0 Å². The van der Waals surface area contributed by atoms with E-state index < -0.39 is 0 Å². The van der Waals surface area contributed by atoms with E-state index in [0.717, 1.165) is 37.0 Å². The van der Waals surface area contributed by atoms with Crippen molar-refractivity contribution in [2.45, 2.75) is 39.5 Å². The maximum atomic E-state index is 4.48. The molecule has 1 aliphatic heterocycles. The van der Waals surface area contributed by atoms with Crippen LogP contribution in [0, 0.1) is 11.8 Å². The third-order valence-corrected chi connectivity index (χ3v) is 3.55. The largest absolute Gasteiger partial charge is 0.316 e. The molecule has 16 heavy (non-hydrogen) atoms. The molecule has 2 heterocycles. The molecule has 2 rings (SSSR count). The van der Waals surface area contributed by atoms with Gasteiger partial charge in [0.05, 0.1) is 0 Å². The van der Waals surface area contributed by atoms with Gasteiger partial charge in [-0.05, 0) is 37.8 Å². The van der Waals surface area contributed by atoms with Crippen molar-refractivity contribution in [3.05, 3.63) is 11.6 Å². The maximum Gasteiger partial charge on any atom is 0.150 e. The smallest absolute Gasteiger partial charge is 0.150 e. The van der Waals surface area contributed by atoms with Gasteiger partial charge in [-0.25, -0.2) is 4.98 Å². The van der Waals surface area contributed by atoms with Crippen LogP contribution in [0.4, 0.5) is 0 Å². The second-order valence-corrected chi connectivity index (χ2v) is 4.84. The molecule has 0 aromatic carbocycles. The molecule has 0 amide bonds. The molecule has 0 aliphatic carbocycles. The van der Waals surface area contributed by atoms with Crippen molar-refractivity contribution < 1.29 is 0 Å². The summed E-state index contributed by atoms with van der Waals surface area (Å²) in [6.07, 6.45) is 4.60. The number of hydrogen-bond acceptors (Lipinski definition) is 3. The molecule has 1 aromatic heterocycles. The van der Waals surface area contributed by atoms with Crippen LogP contribution >= 0.6 is 0 Å². The molecule has 1 fully saturated rings. The molecule has 1 aromatic rings. The van der Waals surface area contributed by atoms with Crippen LogP contribution in [0.15, 0.2) is 0 Å². The van der Waals surface area contributed by atoms with Gasteiger partial charge in [0.25, 0.3) is 0 Å². The molecule has 0 bridgehead atoms. The van der Waals surface area contributed by atoms with Crippen LogP contribution < -0.4 is 5.32 Å². The third kappa shape index (κ3) is 2.82. The third-order valence-electron chi connectivity index (χ3n) is 3.55. The number of H-pyrrole nitrogens is 1. The summed E-state index contributed by atoms with van der Waals surface area (Å²) < 4.78 is 0. The zero-order valence-electron chi connectivity index (χ0n) is 10.3. The number of nitrogens with zero attached hydrogens (tertiary/aromatic N) is 2. The zero-order valence-corrected chi connectivity index (χ0v) is 10.3. The van der Waals surface area contributed by atoms with Gasteiger partial charge < -0.3 is 5.32 Å². The van der Waals surface area contributed by atoms with E-state index in [1.807, 2.05) is 0 Å². The molecular formula is C12H22N4. The Balaban J connectivity index is 1.87. The normalized spacial score (nSPS) is 23.2. The summed E-state index contributed by atoms with van der Waals surface area (Å²) in [4.78, 5) is 4.48. The van der Waals surface area contributed by atoms with Gasteiger partial charge in [-0.3, -0.25) is 5.10 Å². The van der Waals surface area contributed by atoms with Gasteiger partial charge in [-0.2, -0.15) is 5.10 Å². The Bertz CT molecular complexity index is 315. The lowest BCUT2D eigenvalue weighted by atomic mass is 9.85. The van der Waals surface area contributed by atoms with Gasteiger partial charge in [0, 0.05) is 12.8 Å². The Hall–Kier alpha value is -0.900. The highest BCUT2D eigenvalue weighted by Gasteiger charge is 2.20. The molecule has 0 spiro atoms. The van der Waals surface area contributed by atoms with Crippen molar-refractivity contribution in [1.82, 2.24) is 20.5 Å². The highest BCUT2D eigenvalue weighted by molar-refractivity contribution is 4.92. The summed E-state index contributed by atoms with van der Waals surface area (Å²) in [5.74, 6) is 3.47. The fourth-order valence-electron chi connectivity index (χ4n) is 2.42. The maximum absolute atomic E-state index is 4.48. The Morgan fingerprint density at radius 1 is 1.50 bits per heavy atom. The van der Waals surface area contributed by atoms with Crippen LogP contribution in [0.2, 0.25) is 0 Å². The van der Waals surface area contributed by atoms with E-state index in [9.17, 15) is 0 Å². The monoisotopic (exact) mass is 222 g/mol. The first-order valence-electron chi connectivity index (χ1n) is 6.40. The number of aromatic amines is 1. The molecule has 4 heteroatoms. The molecule has 90 valence electrons. The molecule has 0 saturated carbocycles. The summed E-state index contributed by atoms with van der Waals surface area (Å²) in [5, 5.41) is 10.7. The predicted octanol–water partition coefficient (Wildman–Crippen LogP) is 1.55. The van der Waals surface area contributed by atoms with E-state index in [2.05, 4.69) is 34.3 Å². The molecule has 0 radical (unpaired) electrons. The van der Waals surface area contributed by atoms with Crippen LogP contribution in [-0.2, 0) is 12.8 Å². The minimum atomic E-state index is 0.686. The van der Waals surface area contributed by atoms with Gasteiger partial charge in [-0.15, -0.1) is 0 Å². The topological polar surface area (TPSA) is 53.6 Å². The van der Waals surface area contributed by atoms with Crippen molar-refractivity contribution in [1.29, 1.82) is 0 Å². The number of aryl methyl sites for hydroxylation is 1. The van der Waals surface area contributed by atoms with Crippen LogP contribution in [0.1, 0.15) is 38.3 Å². The molecule has 1 aliphatic rings. The average Bonchev–Trinajstić information content (AvgIpc) is 2.78. The van der Waals surface area contributed by atoms with Gasteiger partial charge in [0.2, 0.25) is 0 Å². The van der Waals surface area contributed by atoms with Crippen LogP contribution in [0.25, 0.3) is 0 Å². The van der Waals surface area contributed by atoms with Gasteiger partial charge in [-0.1, -0.05) is 13.8 Å². The minimum Gasteiger partial charge on any atom is -0.316 e. The standard InChI is InChI=1S/C12H22N4/c1-3-11-14-12(16-15-11)7-9(2)10-5-4-6-13-8-10/h9-10,13H,3-8H2,1-2H3,(H,14,15,16). The van der Waals surface area contributed by atoms with E-state index in [1.54, 1.807) is 0 Å². The van der Waals surface area contributed by atoms with E-state index in [1.165, 1.54) is 19.4 Å². The summed E-state index contributed by atoms with van der Waals surface area (Å²) in [6, 6.07) is 0. The first kappa shape index (κ1) is 11.6. The number of nitrogens with one attached hydrogen (secondary N) is 2. The summed E-state index contributed by atoms with van der Waals surface area (Å²) in [6.45, 7) is 6.76. The Morgan fingerprint density at radius 3 is 3.00 bits per heavy atom. The number of rotatable bonds is 4. The second-order valence-electron chi connectivity index (χ2n) is 4.84. The van der Waals surface area contributed by atoms with E-state index in [0.29, 0.717) is 5.92 Å². The molecule has 2 N–H and O–H groups in total. The SMILES string of the molecule is CCc1n[nH]c(CC(C)C2CCCNC2)n1. The summed E-state index contributed by atoms with van der Waals surface area (Å²) in [7, 11) is 0. The summed E-state index contributed by atoms with van der Waals surface area (Å²) in [5.41, 5.74) is 0. The lowest BCUT2D eigenvalue weighted by molar-refractivity contribution is 0.276. The van der Waals surface area contributed by atoms with Crippen LogP contribution in [0.5, 0.6) is 0 Å². The zero-order chi connectivity index (χ0) is 11.4. The quantitative estimate of drug-likeness (QED) is 0.812. The molecule has 4 nitrogen and oxygen atoms in total. The summed E-state index contributed by atoms with van der Waals surface area (Å²) >= 11 is 0. The van der Waals surface area contributed by atoms with Gasteiger partial charge >= 0.3 is 0 Å². The number of aromatic nitrogens is 3. The van der Waals surface area contributed by atoms with Crippen LogP contribution in [-0.4, -0.2) is 28.3 Å². The first-order chi connectivity index (χ1) is 7.79. The van der Waals surface area contributed by atoms with Crippen molar-refractivity contribution in [2.24, 2.45) is 11.8 Å². The second kappa shape index (κ2) is 5.43. The highest BCUT2D eigenvalue weighted by Crippen LogP contribution is 2.22. The number of hydrogen-bond donors (Lipinski definition) is 2. The lowest BCUT2D eigenvalue weighted by Crippen LogP contribution is -2.34. The molecule has 2 atom stereocenters. The van der Waals surface area contributed by atoms with Gasteiger partial charge in [0.15, 0.2) is 0 Å². The Morgan fingerprint density at radius 2 is 2.38 bits per heavy atom. The molecule has 2 unspecified atom stereocenters. The van der Waals surface area contributed by atoms with E-state index in [-0.39, 0.29) is 0 Å². The average molecular weight is 222 g/mol. The minimum absolute atomic E-state index is 0.686. The fraction of sp³-hybridized carbons (Fsp3) is 0.833.